The smallest absolute Gasteiger partial charge is 0.128 e. The van der Waals surface area contributed by atoms with Crippen LogP contribution in [0.4, 0.5) is 11.4 Å². The van der Waals surface area contributed by atoms with E-state index in [2.05, 4.69) is 90.4 Å². The molecule has 0 unspecified atom stereocenters. The molecule has 2 aliphatic rings. The topological polar surface area (TPSA) is 62.1 Å². The van der Waals surface area contributed by atoms with Crippen LogP contribution in [0.15, 0.2) is 107 Å². The molecule has 0 saturated heterocycles. The maximum absolute atomic E-state index is 13.3. The highest BCUT2D eigenvalue weighted by atomic mass is 32.1. The Kier molecular flexibility index (Phi) is 6.49. The molecule has 0 spiro atoms. The number of likely N-dealkylation sites (N-methyl/N-ethyl adjacent to an activating group) is 1. The summed E-state index contributed by atoms with van der Waals surface area (Å²) in [5.41, 5.74) is 5.18. The van der Waals surface area contributed by atoms with Gasteiger partial charge in [0.05, 0.1) is 11.4 Å². The van der Waals surface area contributed by atoms with Gasteiger partial charge in [0.1, 0.15) is 11.6 Å². The molecule has 0 amide bonds. The van der Waals surface area contributed by atoms with E-state index in [0.29, 0.717) is 11.1 Å². The zero-order chi connectivity index (χ0) is 30.0. The average molecular weight is 603 g/mol. The molecule has 0 bridgehead atoms. The Bertz CT molecular complexity index is 1990. The van der Waals surface area contributed by atoms with Crippen molar-refractivity contribution in [2.45, 2.75) is 19.3 Å². The van der Waals surface area contributed by atoms with E-state index < -0.39 is 0 Å². The van der Waals surface area contributed by atoms with Crippen LogP contribution in [0.1, 0.15) is 24.3 Å². The van der Waals surface area contributed by atoms with Gasteiger partial charge in [-0.05, 0) is 55.3 Å². The highest BCUT2D eigenvalue weighted by Gasteiger charge is 2.40. The van der Waals surface area contributed by atoms with Crippen LogP contribution < -0.4 is 14.9 Å². The largest absolute Gasteiger partial charge is 0.872 e. The highest BCUT2D eigenvalue weighted by molar-refractivity contribution is 7.25. The number of nitrogens with zero attached hydrogens (tertiary/aromatic N) is 3. The zero-order valence-corrected chi connectivity index (χ0v) is 26.4. The van der Waals surface area contributed by atoms with Gasteiger partial charge in [-0.15, -0.1) is 22.7 Å². The molecule has 216 valence electrons. The summed E-state index contributed by atoms with van der Waals surface area (Å²) in [6.45, 7) is 4.46. The molecule has 2 aromatic heterocycles. The number of hydrogen-bond donors (Lipinski definition) is 1. The van der Waals surface area contributed by atoms with Crippen LogP contribution in [0.5, 0.6) is 0 Å². The Labute approximate surface area is 260 Å². The first-order chi connectivity index (χ1) is 20.7. The monoisotopic (exact) mass is 602 g/mol. The first kappa shape index (κ1) is 27.5. The van der Waals surface area contributed by atoms with Gasteiger partial charge in [-0.2, -0.15) is 0 Å². The second-order valence-electron chi connectivity index (χ2n) is 11.8. The summed E-state index contributed by atoms with van der Waals surface area (Å²) in [6, 6.07) is 29.4. The minimum atomic E-state index is -0.278. The van der Waals surface area contributed by atoms with Crippen molar-refractivity contribution in [3.63, 3.8) is 0 Å². The van der Waals surface area contributed by atoms with Gasteiger partial charge in [-0.25, -0.2) is 0 Å². The summed E-state index contributed by atoms with van der Waals surface area (Å²) in [7, 11) is 6.10. The third-order valence-electron chi connectivity index (χ3n) is 8.57. The van der Waals surface area contributed by atoms with Crippen LogP contribution in [0.25, 0.3) is 36.5 Å². The predicted molar refractivity (Wildman–Crippen MR) is 182 cm³/mol. The highest BCUT2D eigenvalue weighted by Crippen LogP contribution is 2.49. The summed E-state index contributed by atoms with van der Waals surface area (Å²) < 4.78 is 0. The van der Waals surface area contributed by atoms with E-state index in [0.717, 1.165) is 27.0 Å². The Hall–Kier alpha value is -4.33. The Morgan fingerprint density at radius 2 is 1.49 bits per heavy atom. The van der Waals surface area contributed by atoms with E-state index in [4.69, 9.17) is 4.99 Å². The lowest BCUT2D eigenvalue weighted by Crippen LogP contribution is -2.34. The van der Waals surface area contributed by atoms with Crippen molar-refractivity contribution in [2.75, 3.05) is 37.5 Å². The van der Waals surface area contributed by atoms with Crippen molar-refractivity contribution in [3.8, 4) is 20.2 Å². The molecular formula is C36H32N3O2S2-. The third kappa shape index (κ3) is 4.29. The number of benzene rings is 3. The van der Waals surface area contributed by atoms with E-state index >= 15 is 0 Å². The number of thiophene rings is 2. The number of para-hydroxylation sites is 1. The fraction of sp³-hybridized carbons (Fsp3) is 0.194. The molecule has 0 radical (unpaired) electrons. The van der Waals surface area contributed by atoms with Crippen LogP contribution in [-0.4, -0.2) is 38.6 Å². The number of fused-ring (bicyclic) bond motifs is 2. The van der Waals surface area contributed by atoms with E-state index in [9.17, 15) is 10.2 Å². The van der Waals surface area contributed by atoms with Crippen LogP contribution in [0.2, 0.25) is 0 Å². The molecule has 5 nitrogen and oxygen atoms in total. The molecule has 43 heavy (non-hydrogen) atoms. The zero-order valence-electron chi connectivity index (χ0n) is 24.8. The van der Waals surface area contributed by atoms with Gasteiger partial charge in [0, 0.05) is 74.5 Å². The van der Waals surface area contributed by atoms with Crippen LogP contribution >= 0.6 is 22.7 Å². The van der Waals surface area contributed by atoms with Crippen LogP contribution in [-0.2, 0) is 5.41 Å². The van der Waals surface area contributed by atoms with Crippen molar-refractivity contribution in [3.05, 3.63) is 112 Å². The number of anilines is 2. The number of amidine groups is 1. The first-order valence-electron chi connectivity index (χ1n) is 14.3. The molecular weight excluding hydrogens is 571 g/mol. The average Bonchev–Trinajstić information content (AvgIpc) is 3.68. The quantitative estimate of drug-likeness (QED) is 0.213. The number of aliphatic hydroxyl groups excluding tert-OH is 1. The molecule has 1 N–H and O–H groups in total. The lowest BCUT2D eigenvalue weighted by molar-refractivity contribution is -0.296. The van der Waals surface area contributed by atoms with E-state index in [1.54, 1.807) is 22.7 Å². The Balaban J connectivity index is 1.17. The lowest BCUT2D eigenvalue weighted by atomic mass is 9.85. The summed E-state index contributed by atoms with van der Waals surface area (Å²) >= 11 is 3.32. The molecule has 0 fully saturated rings. The van der Waals surface area contributed by atoms with Gasteiger partial charge >= 0.3 is 0 Å². The van der Waals surface area contributed by atoms with Crippen molar-refractivity contribution < 1.29 is 10.2 Å². The van der Waals surface area contributed by atoms with Crippen molar-refractivity contribution in [1.82, 2.24) is 0 Å². The van der Waals surface area contributed by atoms with Crippen LogP contribution in [0, 0.1) is 0 Å². The summed E-state index contributed by atoms with van der Waals surface area (Å²) in [5.74, 6) is 0.839. The maximum Gasteiger partial charge on any atom is 0.128 e. The molecule has 0 atom stereocenters. The van der Waals surface area contributed by atoms with Crippen molar-refractivity contribution in [1.29, 1.82) is 0 Å². The fourth-order valence-corrected chi connectivity index (χ4v) is 8.69. The Morgan fingerprint density at radius 1 is 0.837 bits per heavy atom. The van der Waals surface area contributed by atoms with Gasteiger partial charge in [-0.3, -0.25) is 4.99 Å². The minimum Gasteiger partial charge on any atom is -0.872 e. The van der Waals surface area contributed by atoms with Gasteiger partial charge in [0.15, 0.2) is 0 Å². The molecule has 7 rings (SSSR count). The summed E-state index contributed by atoms with van der Waals surface area (Å²) in [4.78, 5) is 13.3. The molecule has 5 aromatic rings. The van der Waals surface area contributed by atoms with Gasteiger partial charge in [0.25, 0.3) is 0 Å². The fourth-order valence-electron chi connectivity index (χ4n) is 6.23. The molecule has 7 heteroatoms. The number of aliphatic hydroxyl groups is 1. The first-order valence-corrected chi connectivity index (χ1v) is 15.9. The maximum atomic E-state index is 13.3. The van der Waals surface area contributed by atoms with E-state index in [1.165, 1.54) is 31.7 Å². The van der Waals surface area contributed by atoms with Gasteiger partial charge in [-0.1, -0.05) is 60.4 Å². The molecule has 1 aliphatic heterocycles. The van der Waals surface area contributed by atoms with E-state index in [1.807, 2.05) is 39.3 Å². The lowest BCUT2D eigenvalue weighted by Gasteiger charge is -2.31. The number of rotatable bonds is 6. The second-order valence-corrected chi connectivity index (χ2v) is 13.9. The number of aliphatic imine (C=N–C) groups is 1. The van der Waals surface area contributed by atoms with Crippen LogP contribution in [0.3, 0.4) is 0 Å². The van der Waals surface area contributed by atoms with Crippen molar-refractivity contribution >= 4 is 56.2 Å². The van der Waals surface area contributed by atoms with Gasteiger partial charge in [0.2, 0.25) is 0 Å². The molecule has 1 aliphatic carbocycles. The number of allylic oxidation sites excluding steroid dienone is 1. The number of hydrogen-bond acceptors (Lipinski definition) is 6. The van der Waals surface area contributed by atoms with E-state index in [-0.39, 0.29) is 23.5 Å². The Morgan fingerprint density at radius 3 is 2.16 bits per heavy atom. The summed E-state index contributed by atoms with van der Waals surface area (Å²) in [6.07, 6.45) is 0. The molecule has 3 heterocycles. The molecule has 3 aromatic carbocycles. The van der Waals surface area contributed by atoms with Crippen molar-refractivity contribution in [2.24, 2.45) is 4.99 Å². The second kappa shape index (κ2) is 10.1. The normalized spacial score (nSPS) is 16.8. The third-order valence-corrected chi connectivity index (χ3v) is 11.1. The SMILES string of the molecule is CN(C)c1ccc(-c2sc(-c3ccc(C4=C(O)C(CN=C5N(C)c6ccccc6C5(C)C)=C4[O-])s3)c3ccccc23)cc1. The summed E-state index contributed by atoms with van der Waals surface area (Å²) in [5, 5.41) is 26.8. The standard InChI is InChI=1S/C36H33N3O2S2/c1-36(2)26-12-8-9-13-27(26)39(5)35(36)37-20-25-31(40)30(32(25)41)28-18-19-29(42-28)34-24-11-7-6-10-23(24)33(43-34)21-14-16-22(17-15-21)38(3)4/h6-19,40-41H,20H2,1-5H3/p-1. The minimum absolute atomic E-state index is 0.0661. The predicted octanol–water partition coefficient (Wildman–Crippen LogP) is 8.09. The van der Waals surface area contributed by atoms with Gasteiger partial charge < -0.3 is 20.0 Å². The molecule has 0 saturated carbocycles.